The average molecular weight is 282 g/mol. The summed E-state index contributed by atoms with van der Waals surface area (Å²) in [7, 11) is 1.70. The van der Waals surface area contributed by atoms with E-state index in [-0.39, 0.29) is 0 Å². The highest BCUT2D eigenvalue weighted by atomic mass is 16.5. The normalized spacial score (nSPS) is 11.0. The molecule has 1 aromatic carbocycles. The number of methoxy groups -OCH3 is 1. The third kappa shape index (κ3) is 2.87. The molecule has 0 amide bonds. The zero-order valence-corrected chi connectivity index (χ0v) is 12.2. The van der Waals surface area contributed by atoms with Crippen LogP contribution in [0.1, 0.15) is 5.69 Å². The number of aryl methyl sites for hydroxylation is 1. The van der Waals surface area contributed by atoms with Crippen molar-refractivity contribution in [3.05, 3.63) is 48.5 Å². The van der Waals surface area contributed by atoms with E-state index in [0.29, 0.717) is 6.61 Å². The largest absolute Gasteiger partial charge is 0.383 e. The molecule has 0 atom stereocenters. The lowest BCUT2D eigenvalue weighted by Crippen LogP contribution is -2.07. The van der Waals surface area contributed by atoms with E-state index in [4.69, 9.17) is 4.74 Å². The van der Waals surface area contributed by atoms with Gasteiger partial charge in [0.1, 0.15) is 0 Å². The Morgan fingerprint density at radius 1 is 1.29 bits per heavy atom. The first-order valence-electron chi connectivity index (χ1n) is 6.90. The number of nitrogens with one attached hydrogen (secondary N) is 1. The quantitative estimate of drug-likeness (QED) is 0.781. The van der Waals surface area contributed by atoms with Crippen molar-refractivity contribution in [3.8, 4) is 0 Å². The predicted molar refractivity (Wildman–Crippen MR) is 83.9 cm³/mol. The van der Waals surface area contributed by atoms with Crippen LogP contribution in [0.4, 0.5) is 11.6 Å². The molecule has 0 aliphatic carbocycles. The standard InChI is InChI=1S/C16H18N4O/c1-12-11-20(8-9-21-2)16(18-12)19-15-5-3-4-13-6-7-17-10-14(13)15/h3-7,10-11H,8-9H2,1-2H3,(H,18,19). The molecule has 2 heterocycles. The lowest BCUT2D eigenvalue weighted by molar-refractivity contribution is 0.188. The molecule has 1 N–H and O–H groups in total. The zero-order chi connectivity index (χ0) is 14.7. The maximum Gasteiger partial charge on any atom is 0.207 e. The highest BCUT2D eigenvalue weighted by molar-refractivity contribution is 5.94. The Morgan fingerprint density at radius 3 is 3.05 bits per heavy atom. The fourth-order valence-corrected chi connectivity index (χ4v) is 2.35. The molecule has 3 aromatic rings. The molecule has 0 bridgehead atoms. The van der Waals surface area contributed by atoms with Crippen molar-refractivity contribution in [3.63, 3.8) is 0 Å². The van der Waals surface area contributed by atoms with Gasteiger partial charge in [0.15, 0.2) is 0 Å². The Hall–Kier alpha value is -2.40. The summed E-state index contributed by atoms with van der Waals surface area (Å²) in [6.45, 7) is 3.41. The van der Waals surface area contributed by atoms with Crippen LogP contribution in [0.2, 0.25) is 0 Å². The van der Waals surface area contributed by atoms with E-state index in [9.17, 15) is 0 Å². The molecule has 0 aliphatic heterocycles. The van der Waals surface area contributed by atoms with E-state index in [0.717, 1.165) is 34.6 Å². The van der Waals surface area contributed by atoms with Crippen molar-refractivity contribution >= 4 is 22.4 Å². The number of hydrogen-bond acceptors (Lipinski definition) is 4. The molecule has 5 heteroatoms. The van der Waals surface area contributed by atoms with Gasteiger partial charge in [0, 0.05) is 37.6 Å². The lowest BCUT2D eigenvalue weighted by Gasteiger charge is -2.11. The van der Waals surface area contributed by atoms with Crippen LogP contribution >= 0.6 is 0 Å². The van der Waals surface area contributed by atoms with Gasteiger partial charge in [-0.25, -0.2) is 4.98 Å². The van der Waals surface area contributed by atoms with Gasteiger partial charge in [-0.3, -0.25) is 4.98 Å². The fraction of sp³-hybridized carbons (Fsp3) is 0.250. The number of benzene rings is 1. The van der Waals surface area contributed by atoms with Crippen molar-refractivity contribution in [2.24, 2.45) is 0 Å². The topological polar surface area (TPSA) is 52.0 Å². The molecule has 0 saturated carbocycles. The predicted octanol–water partition coefficient (Wildman–Crippen LogP) is 3.13. The van der Waals surface area contributed by atoms with Crippen LogP contribution < -0.4 is 5.32 Å². The first kappa shape index (κ1) is 13.6. The van der Waals surface area contributed by atoms with E-state index < -0.39 is 0 Å². The average Bonchev–Trinajstić information content (AvgIpc) is 2.85. The number of ether oxygens (including phenoxy) is 1. The summed E-state index contributed by atoms with van der Waals surface area (Å²) in [6.07, 6.45) is 5.69. The summed E-state index contributed by atoms with van der Waals surface area (Å²) in [6, 6.07) is 8.14. The molecule has 108 valence electrons. The first-order valence-corrected chi connectivity index (χ1v) is 6.90. The molecule has 3 rings (SSSR count). The lowest BCUT2D eigenvalue weighted by atomic mass is 10.1. The van der Waals surface area contributed by atoms with E-state index in [1.54, 1.807) is 13.3 Å². The van der Waals surface area contributed by atoms with Crippen LogP contribution in [0, 0.1) is 6.92 Å². The molecule has 0 saturated heterocycles. The Bertz CT molecular complexity index is 746. The Kier molecular flexibility index (Phi) is 3.83. The Balaban J connectivity index is 1.95. The summed E-state index contributed by atoms with van der Waals surface area (Å²) in [5, 5.41) is 5.64. The molecule has 0 spiro atoms. The van der Waals surface area contributed by atoms with Gasteiger partial charge in [-0.1, -0.05) is 12.1 Å². The summed E-state index contributed by atoms with van der Waals surface area (Å²) in [4.78, 5) is 8.75. The second-order valence-electron chi connectivity index (χ2n) is 4.92. The van der Waals surface area contributed by atoms with Crippen molar-refractivity contribution in [2.45, 2.75) is 13.5 Å². The number of hydrogen-bond donors (Lipinski definition) is 1. The molecule has 21 heavy (non-hydrogen) atoms. The minimum atomic E-state index is 0.654. The highest BCUT2D eigenvalue weighted by Crippen LogP contribution is 2.25. The van der Waals surface area contributed by atoms with Crippen LogP contribution in [0.25, 0.3) is 10.8 Å². The summed E-state index contributed by atoms with van der Waals surface area (Å²) >= 11 is 0. The number of aromatic nitrogens is 3. The second kappa shape index (κ2) is 5.93. The van der Waals surface area contributed by atoms with Crippen molar-refractivity contribution in [1.82, 2.24) is 14.5 Å². The highest BCUT2D eigenvalue weighted by Gasteiger charge is 2.08. The van der Waals surface area contributed by atoms with Gasteiger partial charge < -0.3 is 14.6 Å². The first-order chi connectivity index (χ1) is 10.3. The van der Waals surface area contributed by atoms with Crippen LogP contribution in [-0.2, 0) is 11.3 Å². The minimum Gasteiger partial charge on any atom is -0.383 e. The smallest absolute Gasteiger partial charge is 0.207 e. The van der Waals surface area contributed by atoms with Gasteiger partial charge in [0.25, 0.3) is 0 Å². The van der Waals surface area contributed by atoms with E-state index >= 15 is 0 Å². The fourth-order valence-electron chi connectivity index (χ4n) is 2.35. The number of rotatable bonds is 5. The third-order valence-corrected chi connectivity index (χ3v) is 3.36. The number of anilines is 2. The third-order valence-electron chi connectivity index (χ3n) is 3.36. The van der Waals surface area contributed by atoms with Gasteiger partial charge in [0.05, 0.1) is 18.0 Å². The summed E-state index contributed by atoms with van der Waals surface area (Å²) < 4.78 is 7.21. The van der Waals surface area contributed by atoms with Crippen LogP contribution in [0.3, 0.4) is 0 Å². The summed E-state index contributed by atoms with van der Waals surface area (Å²) in [5.41, 5.74) is 1.98. The van der Waals surface area contributed by atoms with Gasteiger partial charge >= 0.3 is 0 Å². The Labute approximate surface area is 123 Å². The van der Waals surface area contributed by atoms with Crippen molar-refractivity contribution in [1.29, 1.82) is 0 Å². The second-order valence-corrected chi connectivity index (χ2v) is 4.92. The Morgan fingerprint density at radius 2 is 2.19 bits per heavy atom. The molecule has 0 unspecified atom stereocenters. The van der Waals surface area contributed by atoms with Crippen LogP contribution in [0.15, 0.2) is 42.9 Å². The van der Waals surface area contributed by atoms with Gasteiger partial charge in [0.2, 0.25) is 5.95 Å². The van der Waals surface area contributed by atoms with Crippen molar-refractivity contribution in [2.75, 3.05) is 19.0 Å². The molecular weight excluding hydrogens is 264 g/mol. The van der Waals surface area contributed by atoms with Crippen LogP contribution in [0.5, 0.6) is 0 Å². The molecule has 0 radical (unpaired) electrons. The van der Waals surface area contributed by atoms with Crippen molar-refractivity contribution < 1.29 is 4.74 Å². The maximum absolute atomic E-state index is 5.14. The van der Waals surface area contributed by atoms with E-state index in [1.807, 2.05) is 37.5 Å². The minimum absolute atomic E-state index is 0.654. The van der Waals surface area contributed by atoms with Gasteiger partial charge in [-0.15, -0.1) is 0 Å². The zero-order valence-electron chi connectivity index (χ0n) is 12.2. The van der Waals surface area contributed by atoms with E-state index in [2.05, 4.69) is 25.9 Å². The molecular formula is C16H18N4O. The van der Waals surface area contributed by atoms with Gasteiger partial charge in [-0.05, 0) is 24.4 Å². The van der Waals surface area contributed by atoms with Crippen LogP contribution in [-0.4, -0.2) is 28.3 Å². The SMILES string of the molecule is COCCn1cc(C)nc1Nc1cccc2ccncc12. The number of pyridine rings is 1. The monoisotopic (exact) mass is 282 g/mol. The maximum atomic E-state index is 5.14. The molecule has 0 aliphatic rings. The molecule has 5 nitrogen and oxygen atoms in total. The summed E-state index contributed by atoms with van der Waals surface area (Å²) in [5.74, 6) is 0.820. The molecule has 2 aromatic heterocycles. The van der Waals surface area contributed by atoms with Gasteiger partial charge in [-0.2, -0.15) is 0 Å². The number of nitrogens with zero attached hydrogens (tertiary/aromatic N) is 3. The number of fused-ring (bicyclic) bond motifs is 1. The molecule has 0 fully saturated rings. The number of imidazole rings is 1. The van der Waals surface area contributed by atoms with E-state index in [1.165, 1.54) is 0 Å².